The van der Waals surface area contributed by atoms with Crippen molar-refractivity contribution < 1.29 is 0 Å². The van der Waals surface area contributed by atoms with Crippen molar-refractivity contribution in [2.45, 2.75) is 57.8 Å². The van der Waals surface area contributed by atoms with E-state index in [9.17, 15) is 0 Å². The molecular weight excluding hydrogens is 302 g/mol. The molecule has 2 aliphatic rings. The molecule has 2 saturated carbocycles. The fourth-order valence-corrected chi connectivity index (χ4v) is 6.33. The maximum absolute atomic E-state index is 3.59. The molecule has 0 amide bonds. The van der Waals surface area contributed by atoms with Crippen LogP contribution in [0.3, 0.4) is 0 Å². The van der Waals surface area contributed by atoms with Gasteiger partial charge in [-0.15, -0.1) is 0 Å². The second kappa shape index (κ2) is 5.62. The molecule has 3 aromatic rings. The largest absolute Gasteiger partial charge is 0.355 e. The summed E-state index contributed by atoms with van der Waals surface area (Å²) in [5, 5.41) is 2.79. The minimum atomic E-state index is 0.424. The van der Waals surface area contributed by atoms with E-state index < -0.39 is 0 Å². The summed E-state index contributed by atoms with van der Waals surface area (Å²) in [5.41, 5.74) is 4.58. The summed E-state index contributed by atoms with van der Waals surface area (Å²) in [4.78, 5) is 3.59. The van der Waals surface area contributed by atoms with Crippen LogP contribution in [0.25, 0.3) is 21.8 Å². The number of aromatic nitrogens is 1. The molecule has 2 bridgehead atoms. The van der Waals surface area contributed by atoms with E-state index >= 15 is 0 Å². The van der Waals surface area contributed by atoms with Gasteiger partial charge in [0.15, 0.2) is 0 Å². The lowest BCUT2D eigenvalue weighted by molar-refractivity contribution is 0.0703. The van der Waals surface area contributed by atoms with Gasteiger partial charge in [0.2, 0.25) is 0 Å². The summed E-state index contributed by atoms with van der Waals surface area (Å²) >= 11 is 0. The Balaban J connectivity index is 1.66. The third-order valence-electron chi connectivity index (χ3n) is 7.20. The van der Waals surface area contributed by atoms with Gasteiger partial charge in [-0.2, -0.15) is 0 Å². The average Bonchev–Trinajstić information content (AvgIpc) is 2.98. The predicted molar refractivity (Wildman–Crippen MR) is 107 cm³/mol. The number of fused-ring (bicyclic) bond motifs is 5. The van der Waals surface area contributed by atoms with Gasteiger partial charge in [-0.1, -0.05) is 44.5 Å². The molecule has 0 radical (unpaired) electrons. The molecule has 0 spiro atoms. The van der Waals surface area contributed by atoms with Crippen molar-refractivity contribution in [3.63, 3.8) is 0 Å². The first-order chi connectivity index (χ1) is 12.2. The summed E-state index contributed by atoms with van der Waals surface area (Å²) in [6, 6.07) is 16.0. The molecule has 2 aromatic carbocycles. The van der Waals surface area contributed by atoms with Gasteiger partial charge < -0.3 is 4.98 Å². The normalized spacial score (nSPS) is 32.3. The van der Waals surface area contributed by atoms with Crippen LogP contribution in [0.5, 0.6) is 0 Å². The van der Waals surface area contributed by atoms with Gasteiger partial charge in [0.25, 0.3) is 0 Å². The summed E-state index contributed by atoms with van der Waals surface area (Å²) in [5.74, 6) is 2.74. The molecule has 25 heavy (non-hydrogen) atoms. The minimum Gasteiger partial charge on any atom is -0.355 e. The van der Waals surface area contributed by atoms with E-state index in [4.69, 9.17) is 0 Å². The van der Waals surface area contributed by atoms with Crippen LogP contribution in [-0.4, -0.2) is 4.98 Å². The van der Waals surface area contributed by atoms with Gasteiger partial charge >= 0.3 is 0 Å². The van der Waals surface area contributed by atoms with Crippen molar-refractivity contribution in [1.29, 1.82) is 0 Å². The second-order valence-electron chi connectivity index (χ2n) is 9.04. The van der Waals surface area contributed by atoms with Crippen molar-refractivity contribution in [3.05, 3.63) is 48.0 Å². The topological polar surface area (TPSA) is 15.8 Å². The number of H-pyrrole nitrogens is 1. The number of rotatable bonds is 2. The first-order valence-electron chi connectivity index (χ1n) is 10.2. The molecule has 1 heteroatoms. The lowest BCUT2D eigenvalue weighted by Gasteiger charge is -2.51. The van der Waals surface area contributed by atoms with Crippen molar-refractivity contribution >= 4 is 21.8 Å². The Morgan fingerprint density at radius 3 is 2.68 bits per heavy atom. The van der Waals surface area contributed by atoms with E-state index in [0.717, 1.165) is 17.8 Å². The Morgan fingerprint density at radius 2 is 1.80 bits per heavy atom. The smallest absolute Gasteiger partial charge is 0.0465 e. The quantitative estimate of drug-likeness (QED) is 0.530. The molecule has 2 fully saturated rings. The van der Waals surface area contributed by atoms with Crippen LogP contribution in [0.15, 0.2) is 42.5 Å². The monoisotopic (exact) mass is 331 g/mol. The van der Waals surface area contributed by atoms with Crippen molar-refractivity contribution in [2.24, 2.45) is 17.8 Å². The number of para-hydroxylation sites is 1. The van der Waals surface area contributed by atoms with Crippen molar-refractivity contribution in [3.8, 4) is 0 Å². The maximum atomic E-state index is 3.59. The Kier molecular flexibility index (Phi) is 3.48. The highest BCUT2D eigenvalue weighted by Crippen LogP contribution is 2.55. The zero-order chi connectivity index (χ0) is 17.0. The maximum Gasteiger partial charge on any atom is 0.0465 e. The molecule has 2 aliphatic carbocycles. The van der Waals surface area contributed by atoms with Crippen LogP contribution in [0.4, 0.5) is 0 Å². The summed E-state index contributed by atoms with van der Waals surface area (Å²) in [7, 11) is 0. The average molecular weight is 332 g/mol. The Morgan fingerprint density at radius 1 is 0.960 bits per heavy atom. The zero-order valence-corrected chi connectivity index (χ0v) is 15.5. The molecule has 1 N–H and O–H groups in total. The van der Waals surface area contributed by atoms with E-state index in [1.807, 2.05) is 0 Å². The van der Waals surface area contributed by atoms with Crippen LogP contribution in [0.2, 0.25) is 0 Å². The lowest BCUT2D eigenvalue weighted by Crippen LogP contribution is -2.42. The predicted octanol–water partition coefficient (Wildman–Crippen LogP) is 6.82. The fraction of sp³-hybridized carbons (Fsp3) is 0.500. The molecule has 4 unspecified atom stereocenters. The third-order valence-corrected chi connectivity index (χ3v) is 7.20. The number of benzene rings is 2. The van der Waals surface area contributed by atoms with Gasteiger partial charge in [0.05, 0.1) is 0 Å². The highest BCUT2D eigenvalue weighted by Gasteiger charge is 2.45. The third kappa shape index (κ3) is 2.43. The Hall–Kier alpha value is -1.76. The Bertz CT molecular complexity index is 916. The lowest BCUT2D eigenvalue weighted by atomic mass is 9.54. The molecule has 130 valence electrons. The van der Waals surface area contributed by atoms with Crippen LogP contribution < -0.4 is 0 Å². The molecular formula is C24H29N. The first kappa shape index (κ1) is 15.5. The minimum absolute atomic E-state index is 0.424. The molecule has 4 atom stereocenters. The van der Waals surface area contributed by atoms with Crippen molar-refractivity contribution in [2.75, 3.05) is 0 Å². The number of hydrogen-bond acceptors (Lipinski definition) is 0. The SMILES string of the molecule is CCC1CC2CC(C)CC(c3ccc4[nH]c5ccccc5c4c3)(C1)C2. The first-order valence-corrected chi connectivity index (χ1v) is 10.2. The molecule has 0 saturated heterocycles. The highest BCUT2D eigenvalue weighted by molar-refractivity contribution is 6.07. The fourth-order valence-electron chi connectivity index (χ4n) is 6.33. The zero-order valence-electron chi connectivity index (χ0n) is 15.5. The molecule has 1 heterocycles. The molecule has 0 aliphatic heterocycles. The highest BCUT2D eigenvalue weighted by atomic mass is 14.7. The van der Waals surface area contributed by atoms with Gasteiger partial charge in [0.1, 0.15) is 0 Å². The van der Waals surface area contributed by atoms with E-state index in [1.54, 1.807) is 5.56 Å². The van der Waals surface area contributed by atoms with Gasteiger partial charge in [-0.05, 0) is 79.0 Å². The van der Waals surface area contributed by atoms with Crippen molar-refractivity contribution in [1.82, 2.24) is 4.98 Å². The molecule has 5 rings (SSSR count). The summed E-state index contributed by atoms with van der Waals surface area (Å²) in [6.07, 6.45) is 8.47. The molecule has 1 nitrogen and oxygen atoms in total. The number of nitrogens with one attached hydrogen (secondary N) is 1. The number of hydrogen-bond donors (Lipinski definition) is 1. The van der Waals surface area contributed by atoms with Crippen LogP contribution in [0.1, 0.15) is 57.9 Å². The standard InChI is InChI=1S/C24H29N/c1-3-17-11-18-10-16(2)13-24(14-17,15-18)19-8-9-23-21(12-19)20-6-4-5-7-22(20)25-23/h4-9,12,16-18,25H,3,10-11,13-15H2,1-2H3. The summed E-state index contributed by atoms with van der Waals surface area (Å²) < 4.78 is 0. The van der Waals surface area contributed by atoms with Gasteiger partial charge in [-0.25, -0.2) is 0 Å². The van der Waals surface area contributed by atoms with E-state index in [-0.39, 0.29) is 0 Å². The second-order valence-corrected chi connectivity index (χ2v) is 9.04. The van der Waals surface area contributed by atoms with Crippen LogP contribution >= 0.6 is 0 Å². The van der Waals surface area contributed by atoms with Gasteiger partial charge in [-0.3, -0.25) is 0 Å². The summed E-state index contributed by atoms with van der Waals surface area (Å²) in [6.45, 7) is 4.88. The van der Waals surface area contributed by atoms with E-state index in [2.05, 4.69) is 61.3 Å². The van der Waals surface area contributed by atoms with E-state index in [1.165, 1.54) is 60.3 Å². The van der Waals surface area contributed by atoms with Crippen LogP contribution in [0, 0.1) is 17.8 Å². The number of aromatic amines is 1. The Labute approximate surface area is 150 Å². The van der Waals surface area contributed by atoms with Gasteiger partial charge in [0, 0.05) is 21.8 Å². The van der Waals surface area contributed by atoms with E-state index in [0.29, 0.717) is 5.41 Å². The van der Waals surface area contributed by atoms with Crippen LogP contribution in [-0.2, 0) is 5.41 Å². The molecule has 1 aromatic heterocycles.